The Bertz CT molecular complexity index is 587. The van der Waals surface area contributed by atoms with Gasteiger partial charge < -0.3 is 10.1 Å². The van der Waals surface area contributed by atoms with Crippen LogP contribution >= 0.6 is 0 Å². The Morgan fingerprint density at radius 1 is 0.952 bits per heavy atom. The molecule has 2 rings (SSSR count). The van der Waals surface area contributed by atoms with E-state index in [1.807, 2.05) is 19.2 Å². The van der Waals surface area contributed by atoms with E-state index in [0.29, 0.717) is 12.0 Å². The van der Waals surface area contributed by atoms with Gasteiger partial charge in [-0.1, -0.05) is 38.1 Å². The molecule has 0 saturated carbocycles. The highest BCUT2D eigenvalue weighted by Gasteiger charge is 2.09. The lowest BCUT2D eigenvalue weighted by Crippen LogP contribution is -2.11. The topological polar surface area (TPSA) is 21.3 Å². The molecule has 0 saturated heterocycles. The molecule has 0 radical (unpaired) electrons. The summed E-state index contributed by atoms with van der Waals surface area (Å²) in [5.74, 6) is 2.29. The molecule has 0 amide bonds. The van der Waals surface area contributed by atoms with Crippen molar-refractivity contribution in [3.05, 3.63) is 59.2 Å². The molecule has 0 aliphatic heterocycles. The van der Waals surface area contributed by atoms with Gasteiger partial charge >= 0.3 is 0 Å². The number of hydrogen-bond acceptors (Lipinski definition) is 2. The van der Waals surface area contributed by atoms with Gasteiger partial charge in [-0.05, 0) is 61.7 Å². The molecule has 0 aromatic heterocycles. The maximum Gasteiger partial charge on any atom is 0.131 e. The van der Waals surface area contributed by atoms with Crippen molar-refractivity contribution in [3.63, 3.8) is 0 Å². The SMILES string of the molecule is CNC(C)c1ccc(Oc2cc(C)ccc2C(C)C)cc1. The third-order valence-corrected chi connectivity index (χ3v) is 3.83. The summed E-state index contributed by atoms with van der Waals surface area (Å²) in [5.41, 5.74) is 3.72. The normalized spacial score (nSPS) is 12.5. The highest BCUT2D eigenvalue weighted by Crippen LogP contribution is 2.31. The maximum atomic E-state index is 6.10. The Labute approximate surface area is 128 Å². The molecular formula is C19H25NO. The first-order valence-corrected chi connectivity index (χ1v) is 7.57. The molecule has 21 heavy (non-hydrogen) atoms. The summed E-state index contributed by atoms with van der Waals surface area (Å²) in [6, 6.07) is 15.1. The zero-order valence-electron chi connectivity index (χ0n) is 13.6. The number of ether oxygens (including phenoxy) is 1. The van der Waals surface area contributed by atoms with Crippen molar-refractivity contribution in [1.82, 2.24) is 5.32 Å². The van der Waals surface area contributed by atoms with E-state index in [1.54, 1.807) is 0 Å². The summed E-state index contributed by atoms with van der Waals surface area (Å²) < 4.78 is 6.10. The smallest absolute Gasteiger partial charge is 0.131 e. The molecule has 1 unspecified atom stereocenters. The average molecular weight is 283 g/mol. The van der Waals surface area contributed by atoms with Crippen molar-refractivity contribution in [2.24, 2.45) is 0 Å². The quantitative estimate of drug-likeness (QED) is 0.815. The number of rotatable bonds is 5. The fourth-order valence-corrected chi connectivity index (χ4v) is 2.33. The van der Waals surface area contributed by atoms with Gasteiger partial charge in [0.1, 0.15) is 11.5 Å². The van der Waals surface area contributed by atoms with Gasteiger partial charge in [0.25, 0.3) is 0 Å². The number of nitrogens with one attached hydrogen (secondary N) is 1. The Morgan fingerprint density at radius 2 is 1.62 bits per heavy atom. The molecule has 1 N–H and O–H groups in total. The van der Waals surface area contributed by atoms with E-state index in [0.717, 1.165) is 11.5 Å². The second kappa shape index (κ2) is 6.77. The highest BCUT2D eigenvalue weighted by atomic mass is 16.5. The van der Waals surface area contributed by atoms with Gasteiger partial charge in [0.15, 0.2) is 0 Å². The Morgan fingerprint density at radius 3 is 2.19 bits per heavy atom. The minimum atomic E-state index is 0.351. The lowest BCUT2D eigenvalue weighted by molar-refractivity contribution is 0.472. The molecule has 2 heteroatoms. The van der Waals surface area contributed by atoms with E-state index in [9.17, 15) is 0 Å². The first-order valence-electron chi connectivity index (χ1n) is 7.57. The first kappa shape index (κ1) is 15.6. The van der Waals surface area contributed by atoms with E-state index in [1.165, 1.54) is 16.7 Å². The summed E-state index contributed by atoms with van der Waals surface area (Å²) in [4.78, 5) is 0. The predicted molar refractivity (Wildman–Crippen MR) is 89.3 cm³/mol. The lowest BCUT2D eigenvalue weighted by Gasteiger charge is -2.15. The van der Waals surface area contributed by atoms with Crippen molar-refractivity contribution >= 4 is 0 Å². The molecule has 0 aliphatic carbocycles. The largest absolute Gasteiger partial charge is 0.457 e. The van der Waals surface area contributed by atoms with Gasteiger partial charge in [-0.2, -0.15) is 0 Å². The van der Waals surface area contributed by atoms with Crippen LogP contribution in [0.25, 0.3) is 0 Å². The van der Waals surface area contributed by atoms with Crippen LogP contribution in [0.15, 0.2) is 42.5 Å². The van der Waals surface area contributed by atoms with Crippen molar-refractivity contribution in [2.45, 2.75) is 39.7 Å². The zero-order valence-corrected chi connectivity index (χ0v) is 13.6. The third kappa shape index (κ3) is 3.85. The Kier molecular flexibility index (Phi) is 5.03. The van der Waals surface area contributed by atoms with Crippen LogP contribution in [0.3, 0.4) is 0 Å². The summed E-state index contributed by atoms with van der Waals surface area (Å²) in [6.45, 7) is 8.62. The molecule has 2 aromatic carbocycles. The molecule has 0 heterocycles. The standard InChI is InChI=1S/C19H25NO/c1-13(2)18-11-6-14(3)12-19(18)21-17-9-7-16(8-10-17)15(4)20-5/h6-13,15,20H,1-5H3. The third-order valence-electron chi connectivity index (χ3n) is 3.83. The fraction of sp³-hybridized carbons (Fsp3) is 0.368. The van der Waals surface area contributed by atoms with Gasteiger partial charge in [-0.25, -0.2) is 0 Å². The van der Waals surface area contributed by atoms with Crippen LogP contribution < -0.4 is 10.1 Å². The number of hydrogen-bond donors (Lipinski definition) is 1. The molecule has 0 aliphatic rings. The Hall–Kier alpha value is -1.80. The van der Waals surface area contributed by atoms with Crippen LogP contribution in [-0.4, -0.2) is 7.05 Å². The lowest BCUT2D eigenvalue weighted by atomic mass is 10.0. The minimum Gasteiger partial charge on any atom is -0.457 e. The summed E-state index contributed by atoms with van der Waals surface area (Å²) in [5, 5.41) is 3.24. The van der Waals surface area contributed by atoms with Crippen molar-refractivity contribution in [3.8, 4) is 11.5 Å². The van der Waals surface area contributed by atoms with E-state index in [4.69, 9.17) is 4.74 Å². The van der Waals surface area contributed by atoms with Gasteiger partial charge in [0.2, 0.25) is 0 Å². The molecule has 1 atom stereocenters. The van der Waals surface area contributed by atoms with E-state index in [2.05, 4.69) is 63.3 Å². The van der Waals surface area contributed by atoms with Crippen molar-refractivity contribution in [2.75, 3.05) is 7.05 Å². The second-order valence-electron chi connectivity index (χ2n) is 5.88. The molecule has 0 spiro atoms. The van der Waals surface area contributed by atoms with Crippen molar-refractivity contribution < 1.29 is 4.74 Å². The monoisotopic (exact) mass is 283 g/mol. The highest BCUT2D eigenvalue weighted by molar-refractivity contribution is 5.42. The zero-order chi connectivity index (χ0) is 15.4. The summed E-state index contributed by atoms with van der Waals surface area (Å²) >= 11 is 0. The number of benzene rings is 2. The molecule has 112 valence electrons. The van der Waals surface area contributed by atoms with Crippen LogP contribution in [0.2, 0.25) is 0 Å². The molecule has 0 fully saturated rings. The molecule has 2 nitrogen and oxygen atoms in total. The number of aryl methyl sites for hydroxylation is 1. The average Bonchev–Trinajstić information content (AvgIpc) is 2.47. The van der Waals surface area contributed by atoms with Crippen LogP contribution in [-0.2, 0) is 0 Å². The minimum absolute atomic E-state index is 0.351. The maximum absolute atomic E-state index is 6.10. The first-order chi connectivity index (χ1) is 10.0. The Balaban J connectivity index is 2.24. The molecular weight excluding hydrogens is 258 g/mol. The van der Waals surface area contributed by atoms with Crippen LogP contribution in [0, 0.1) is 6.92 Å². The predicted octanol–water partition coefficient (Wildman–Crippen LogP) is 5.19. The van der Waals surface area contributed by atoms with Gasteiger partial charge in [0.05, 0.1) is 0 Å². The summed E-state index contributed by atoms with van der Waals surface area (Å²) in [6.07, 6.45) is 0. The molecule has 2 aromatic rings. The summed E-state index contributed by atoms with van der Waals surface area (Å²) in [7, 11) is 1.97. The van der Waals surface area contributed by atoms with Gasteiger partial charge in [-0.15, -0.1) is 0 Å². The van der Waals surface area contributed by atoms with Crippen molar-refractivity contribution in [1.29, 1.82) is 0 Å². The van der Waals surface area contributed by atoms with Crippen LogP contribution in [0.1, 0.15) is 49.4 Å². The van der Waals surface area contributed by atoms with Gasteiger partial charge in [-0.3, -0.25) is 0 Å². The van der Waals surface area contributed by atoms with Crippen LogP contribution in [0.5, 0.6) is 11.5 Å². The second-order valence-corrected chi connectivity index (χ2v) is 5.88. The fourth-order valence-electron chi connectivity index (χ4n) is 2.33. The van der Waals surface area contributed by atoms with Crippen LogP contribution in [0.4, 0.5) is 0 Å². The van der Waals surface area contributed by atoms with E-state index in [-0.39, 0.29) is 0 Å². The van der Waals surface area contributed by atoms with E-state index < -0.39 is 0 Å². The van der Waals surface area contributed by atoms with E-state index >= 15 is 0 Å². The molecule has 0 bridgehead atoms. The van der Waals surface area contributed by atoms with Gasteiger partial charge in [0, 0.05) is 6.04 Å².